The van der Waals surface area contributed by atoms with E-state index in [1.165, 1.54) is 12.0 Å². The van der Waals surface area contributed by atoms with Gasteiger partial charge in [0.15, 0.2) is 0 Å². The quantitative estimate of drug-likeness (QED) is 0.827. The monoisotopic (exact) mass is 260 g/mol. The summed E-state index contributed by atoms with van der Waals surface area (Å²) in [5.41, 5.74) is 6.76. The van der Waals surface area contributed by atoms with E-state index in [4.69, 9.17) is 5.73 Å². The number of nitrogens with two attached hydrogens (primary N) is 1. The molecule has 104 valence electrons. The summed E-state index contributed by atoms with van der Waals surface area (Å²) in [5.74, 6) is 0.294. The number of rotatable bonds is 5. The van der Waals surface area contributed by atoms with Crippen LogP contribution in [0.15, 0.2) is 30.3 Å². The van der Waals surface area contributed by atoms with E-state index in [1.807, 2.05) is 6.07 Å². The lowest BCUT2D eigenvalue weighted by Crippen LogP contribution is -2.38. The largest absolute Gasteiger partial charge is 0.336 e. The second-order valence-corrected chi connectivity index (χ2v) is 5.26. The lowest BCUT2D eigenvalue weighted by molar-refractivity contribution is -0.135. The number of benzene rings is 1. The average molecular weight is 260 g/mol. The first-order valence-corrected chi connectivity index (χ1v) is 7.37. The highest BCUT2D eigenvalue weighted by Crippen LogP contribution is 2.31. The maximum atomic E-state index is 12.3. The van der Waals surface area contributed by atoms with E-state index in [0.29, 0.717) is 18.9 Å². The fourth-order valence-electron chi connectivity index (χ4n) is 2.82. The van der Waals surface area contributed by atoms with Crippen LogP contribution in [-0.4, -0.2) is 23.9 Å². The molecule has 3 nitrogen and oxygen atoms in total. The molecule has 3 heteroatoms. The highest BCUT2D eigenvalue weighted by molar-refractivity contribution is 5.76. The van der Waals surface area contributed by atoms with Gasteiger partial charge in [0.25, 0.3) is 0 Å². The first kappa shape index (κ1) is 14.1. The summed E-state index contributed by atoms with van der Waals surface area (Å²) in [5, 5.41) is 0. The number of hydrogen-bond donors (Lipinski definition) is 1. The molecule has 2 rings (SSSR count). The maximum Gasteiger partial charge on any atom is 0.223 e. The number of piperidine rings is 1. The zero-order valence-electron chi connectivity index (χ0n) is 11.6. The van der Waals surface area contributed by atoms with Gasteiger partial charge < -0.3 is 10.6 Å². The lowest BCUT2D eigenvalue weighted by atomic mass is 9.94. The van der Waals surface area contributed by atoms with Gasteiger partial charge in [0.2, 0.25) is 5.91 Å². The molecule has 1 saturated heterocycles. The molecule has 2 N–H and O–H groups in total. The van der Waals surface area contributed by atoms with Gasteiger partial charge in [-0.05, 0) is 44.2 Å². The van der Waals surface area contributed by atoms with Crippen molar-refractivity contribution in [3.8, 4) is 0 Å². The topological polar surface area (TPSA) is 46.3 Å². The van der Waals surface area contributed by atoms with E-state index in [2.05, 4.69) is 29.2 Å². The van der Waals surface area contributed by atoms with Gasteiger partial charge in [-0.1, -0.05) is 30.3 Å². The Morgan fingerprint density at radius 3 is 2.74 bits per heavy atom. The third kappa shape index (κ3) is 3.80. The Bertz CT molecular complexity index is 391. The Morgan fingerprint density at radius 1 is 1.21 bits per heavy atom. The molecule has 1 fully saturated rings. The van der Waals surface area contributed by atoms with Crippen molar-refractivity contribution >= 4 is 5.91 Å². The van der Waals surface area contributed by atoms with E-state index in [1.54, 1.807) is 0 Å². The van der Waals surface area contributed by atoms with Crippen molar-refractivity contribution in [1.29, 1.82) is 0 Å². The van der Waals surface area contributed by atoms with Gasteiger partial charge in [0.05, 0.1) is 6.04 Å². The molecular formula is C16H24N2O. The van der Waals surface area contributed by atoms with Gasteiger partial charge in [0, 0.05) is 13.0 Å². The number of carbonyl (C=O) groups excluding carboxylic acids is 1. The number of likely N-dealkylation sites (tertiary alicyclic amines) is 1. The van der Waals surface area contributed by atoms with E-state index in [-0.39, 0.29) is 6.04 Å². The van der Waals surface area contributed by atoms with Crippen LogP contribution in [-0.2, 0) is 4.79 Å². The van der Waals surface area contributed by atoms with E-state index >= 15 is 0 Å². The molecule has 0 saturated carbocycles. The lowest BCUT2D eigenvalue weighted by Gasteiger charge is -2.36. The van der Waals surface area contributed by atoms with E-state index < -0.39 is 0 Å². The second kappa shape index (κ2) is 7.29. The molecule has 0 bridgehead atoms. The van der Waals surface area contributed by atoms with Crippen LogP contribution in [0.25, 0.3) is 0 Å². The van der Waals surface area contributed by atoms with Gasteiger partial charge in [-0.15, -0.1) is 0 Å². The molecule has 1 amide bonds. The Morgan fingerprint density at radius 2 is 2.00 bits per heavy atom. The summed E-state index contributed by atoms with van der Waals surface area (Å²) in [6.45, 7) is 1.58. The minimum Gasteiger partial charge on any atom is -0.336 e. The molecule has 19 heavy (non-hydrogen) atoms. The van der Waals surface area contributed by atoms with Crippen LogP contribution >= 0.6 is 0 Å². The van der Waals surface area contributed by atoms with Crippen molar-refractivity contribution in [2.75, 3.05) is 13.1 Å². The summed E-state index contributed by atoms with van der Waals surface area (Å²) < 4.78 is 0. The number of carbonyl (C=O) groups is 1. The number of hydrogen-bond acceptors (Lipinski definition) is 2. The molecular weight excluding hydrogens is 236 g/mol. The first-order valence-electron chi connectivity index (χ1n) is 7.37. The van der Waals surface area contributed by atoms with Crippen LogP contribution in [0.1, 0.15) is 50.1 Å². The van der Waals surface area contributed by atoms with Crippen molar-refractivity contribution in [1.82, 2.24) is 4.90 Å². The number of amides is 1. The zero-order valence-corrected chi connectivity index (χ0v) is 11.6. The van der Waals surface area contributed by atoms with E-state index in [0.717, 1.165) is 32.2 Å². The predicted molar refractivity (Wildman–Crippen MR) is 77.7 cm³/mol. The molecule has 1 aromatic carbocycles. The average Bonchev–Trinajstić information content (AvgIpc) is 2.48. The molecule has 1 atom stereocenters. The van der Waals surface area contributed by atoms with Gasteiger partial charge in [-0.2, -0.15) is 0 Å². The molecule has 1 unspecified atom stereocenters. The Labute approximate surface area is 115 Å². The minimum atomic E-state index is 0.278. The molecule has 0 aliphatic carbocycles. The summed E-state index contributed by atoms with van der Waals surface area (Å²) in [4.78, 5) is 14.4. The maximum absolute atomic E-state index is 12.3. The van der Waals surface area contributed by atoms with Gasteiger partial charge in [-0.25, -0.2) is 0 Å². The molecule has 1 aliphatic rings. The molecule has 0 aromatic heterocycles. The number of unbranched alkanes of at least 4 members (excludes halogenated alkanes) is 1. The fourth-order valence-corrected chi connectivity index (χ4v) is 2.82. The fraction of sp³-hybridized carbons (Fsp3) is 0.562. The molecule has 1 aromatic rings. The van der Waals surface area contributed by atoms with Crippen LogP contribution in [0.2, 0.25) is 0 Å². The van der Waals surface area contributed by atoms with Crippen molar-refractivity contribution in [2.45, 2.75) is 44.6 Å². The Kier molecular flexibility index (Phi) is 5.40. The molecule has 0 radical (unpaired) electrons. The summed E-state index contributed by atoms with van der Waals surface area (Å²) in [6, 6.07) is 10.7. The van der Waals surface area contributed by atoms with Crippen molar-refractivity contribution in [2.24, 2.45) is 5.73 Å². The Hall–Kier alpha value is -1.35. The highest BCUT2D eigenvalue weighted by Gasteiger charge is 2.27. The minimum absolute atomic E-state index is 0.278. The smallest absolute Gasteiger partial charge is 0.223 e. The van der Waals surface area contributed by atoms with Gasteiger partial charge in [-0.3, -0.25) is 4.79 Å². The summed E-state index contributed by atoms with van der Waals surface area (Å²) in [6.07, 6.45) is 5.92. The van der Waals surface area contributed by atoms with Crippen molar-refractivity contribution in [3.05, 3.63) is 35.9 Å². The summed E-state index contributed by atoms with van der Waals surface area (Å²) >= 11 is 0. The second-order valence-electron chi connectivity index (χ2n) is 5.26. The van der Waals surface area contributed by atoms with Crippen molar-refractivity contribution in [3.63, 3.8) is 0 Å². The standard InChI is InChI=1S/C16H24N2O/c17-12-6-4-11-16(19)18-13-7-5-10-15(18)14-8-2-1-3-9-14/h1-3,8-9,15H,4-7,10-13,17H2. The number of nitrogens with zero attached hydrogens (tertiary/aromatic N) is 1. The van der Waals surface area contributed by atoms with Crippen LogP contribution in [0, 0.1) is 0 Å². The van der Waals surface area contributed by atoms with Crippen LogP contribution in [0.4, 0.5) is 0 Å². The first-order chi connectivity index (χ1) is 9.33. The van der Waals surface area contributed by atoms with Crippen LogP contribution < -0.4 is 5.73 Å². The van der Waals surface area contributed by atoms with E-state index in [9.17, 15) is 4.79 Å². The molecule has 1 heterocycles. The van der Waals surface area contributed by atoms with Gasteiger partial charge >= 0.3 is 0 Å². The SMILES string of the molecule is NCCCCC(=O)N1CCCCC1c1ccccc1. The summed E-state index contributed by atoms with van der Waals surface area (Å²) in [7, 11) is 0. The Balaban J connectivity index is 2.01. The third-order valence-corrected chi connectivity index (χ3v) is 3.85. The van der Waals surface area contributed by atoms with Crippen LogP contribution in [0.3, 0.4) is 0 Å². The normalized spacial score (nSPS) is 19.4. The highest BCUT2D eigenvalue weighted by atomic mass is 16.2. The molecule has 0 spiro atoms. The molecule has 1 aliphatic heterocycles. The zero-order chi connectivity index (χ0) is 13.5. The van der Waals surface area contributed by atoms with Gasteiger partial charge in [0.1, 0.15) is 0 Å². The van der Waals surface area contributed by atoms with Crippen molar-refractivity contribution < 1.29 is 4.79 Å². The third-order valence-electron chi connectivity index (χ3n) is 3.85. The predicted octanol–water partition coefficient (Wildman–Crippen LogP) is 2.87. The van der Waals surface area contributed by atoms with Crippen LogP contribution in [0.5, 0.6) is 0 Å².